The van der Waals surface area contributed by atoms with Crippen molar-refractivity contribution in [3.8, 4) is 11.4 Å². The van der Waals surface area contributed by atoms with Crippen molar-refractivity contribution in [3.63, 3.8) is 0 Å². The van der Waals surface area contributed by atoms with Crippen LogP contribution in [0.25, 0.3) is 5.69 Å². The number of nitrogens with one attached hydrogen (secondary N) is 1. The zero-order chi connectivity index (χ0) is 15.5. The lowest BCUT2D eigenvalue weighted by molar-refractivity contribution is 0.0702. The van der Waals surface area contributed by atoms with E-state index < -0.39 is 0 Å². The van der Waals surface area contributed by atoms with E-state index in [1.165, 1.54) is 0 Å². The molecule has 1 fully saturated rings. The maximum atomic E-state index is 12.5. The number of piperazine rings is 1. The predicted octanol–water partition coefficient (Wildman–Crippen LogP) is 1.31. The van der Waals surface area contributed by atoms with Gasteiger partial charge in [-0.05, 0) is 37.3 Å². The number of benzene rings is 1. The SMILES string of the molecule is COc1ccc(-n2ccc(C(=O)N3CCNC(C)C3)n2)cc1. The summed E-state index contributed by atoms with van der Waals surface area (Å²) in [5.41, 5.74) is 1.37. The number of ether oxygens (including phenoxy) is 1. The molecule has 22 heavy (non-hydrogen) atoms. The molecule has 116 valence electrons. The molecular formula is C16H20N4O2. The molecule has 3 rings (SSSR count). The van der Waals surface area contributed by atoms with E-state index in [9.17, 15) is 4.79 Å². The summed E-state index contributed by atoms with van der Waals surface area (Å²) in [6, 6.07) is 9.65. The van der Waals surface area contributed by atoms with Crippen molar-refractivity contribution < 1.29 is 9.53 Å². The van der Waals surface area contributed by atoms with Crippen LogP contribution in [0, 0.1) is 0 Å². The Hall–Kier alpha value is -2.34. The van der Waals surface area contributed by atoms with Crippen LogP contribution in [0.3, 0.4) is 0 Å². The van der Waals surface area contributed by atoms with E-state index in [2.05, 4.69) is 17.3 Å². The molecule has 0 spiro atoms. The van der Waals surface area contributed by atoms with Gasteiger partial charge in [0.15, 0.2) is 5.69 Å². The molecule has 1 atom stereocenters. The van der Waals surface area contributed by atoms with E-state index in [1.54, 1.807) is 24.1 Å². The van der Waals surface area contributed by atoms with Crippen molar-refractivity contribution in [1.82, 2.24) is 20.0 Å². The van der Waals surface area contributed by atoms with Gasteiger partial charge < -0.3 is 15.0 Å². The van der Waals surface area contributed by atoms with Crippen molar-refractivity contribution in [2.24, 2.45) is 0 Å². The number of hydrogen-bond acceptors (Lipinski definition) is 4. The van der Waals surface area contributed by atoms with Crippen LogP contribution in [0.5, 0.6) is 5.75 Å². The second-order valence-corrected chi connectivity index (χ2v) is 5.45. The molecule has 1 aliphatic rings. The predicted molar refractivity (Wildman–Crippen MR) is 83.5 cm³/mol. The van der Waals surface area contributed by atoms with Crippen LogP contribution in [-0.2, 0) is 0 Å². The van der Waals surface area contributed by atoms with Gasteiger partial charge >= 0.3 is 0 Å². The topological polar surface area (TPSA) is 59.4 Å². The van der Waals surface area contributed by atoms with Crippen LogP contribution in [0.4, 0.5) is 0 Å². The van der Waals surface area contributed by atoms with Gasteiger partial charge in [0.2, 0.25) is 0 Å². The number of carbonyl (C=O) groups is 1. The van der Waals surface area contributed by atoms with E-state index in [0.29, 0.717) is 18.3 Å². The zero-order valence-corrected chi connectivity index (χ0v) is 12.8. The summed E-state index contributed by atoms with van der Waals surface area (Å²) in [5, 5.41) is 7.73. The van der Waals surface area contributed by atoms with E-state index in [1.807, 2.05) is 29.2 Å². The summed E-state index contributed by atoms with van der Waals surface area (Å²) in [7, 11) is 1.63. The lowest BCUT2D eigenvalue weighted by Gasteiger charge is -2.31. The second kappa shape index (κ2) is 6.19. The van der Waals surface area contributed by atoms with E-state index in [4.69, 9.17) is 4.74 Å². The Morgan fingerprint density at radius 2 is 2.09 bits per heavy atom. The average Bonchev–Trinajstić information content (AvgIpc) is 3.04. The molecule has 2 heterocycles. The molecule has 6 heteroatoms. The van der Waals surface area contributed by atoms with Crippen LogP contribution in [0.1, 0.15) is 17.4 Å². The number of hydrogen-bond donors (Lipinski definition) is 1. The molecule has 1 saturated heterocycles. The standard InChI is InChI=1S/C16H20N4O2/c1-12-11-19(10-8-17-12)16(21)15-7-9-20(18-15)13-3-5-14(22-2)6-4-13/h3-7,9,12,17H,8,10-11H2,1-2H3. The third-order valence-electron chi connectivity index (χ3n) is 3.80. The number of aromatic nitrogens is 2. The third-order valence-corrected chi connectivity index (χ3v) is 3.80. The fraction of sp³-hybridized carbons (Fsp3) is 0.375. The van der Waals surface area contributed by atoms with Crippen molar-refractivity contribution in [2.45, 2.75) is 13.0 Å². The Morgan fingerprint density at radius 1 is 1.32 bits per heavy atom. The summed E-state index contributed by atoms with van der Waals surface area (Å²) < 4.78 is 6.85. The van der Waals surface area contributed by atoms with Gasteiger partial charge in [-0.1, -0.05) is 0 Å². The van der Waals surface area contributed by atoms with Crippen molar-refractivity contribution in [2.75, 3.05) is 26.7 Å². The number of rotatable bonds is 3. The smallest absolute Gasteiger partial charge is 0.274 e. The fourth-order valence-corrected chi connectivity index (χ4v) is 2.60. The molecule has 2 aromatic rings. The molecule has 0 radical (unpaired) electrons. The highest BCUT2D eigenvalue weighted by Crippen LogP contribution is 2.15. The largest absolute Gasteiger partial charge is 0.497 e. The van der Waals surface area contributed by atoms with Gasteiger partial charge in [-0.15, -0.1) is 0 Å². The highest BCUT2D eigenvalue weighted by atomic mass is 16.5. The van der Waals surface area contributed by atoms with Crippen LogP contribution in [0.15, 0.2) is 36.5 Å². The minimum atomic E-state index is -0.0133. The minimum Gasteiger partial charge on any atom is -0.497 e. The van der Waals surface area contributed by atoms with Gasteiger partial charge in [0, 0.05) is 31.9 Å². The van der Waals surface area contributed by atoms with Gasteiger partial charge in [-0.3, -0.25) is 4.79 Å². The quantitative estimate of drug-likeness (QED) is 0.928. The molecule has 1 unspecified atom stereocenters. The van der Waals surface area contributed by atoms with Crippen molar-refractivity contribution in [1.29, 1.82) is 0 Å². The maximum Gasteiger partial charge on any atom is 0.274 e. The number of carbonyl (C=O) groups excluding carboxylic acids is 1. The summed E-state index contributed by atoms with van der Waals surface area (Å²) in [5.74, 6) is 0.780. The Kier molecular flexibility index (Phi) is 4.11. The minimum absolute atomic E-state index is 0.0133. The van der Waals surface area contributed by atoms with E-state index in [-0.39, 0.29) is 5.91 Å². The van der Waals surface area contributed by atoms with Gasteiger partial charge in [0.05, 0.1) is 12.8 Å². The summed E-state index contributed by atoms with van der Waals surface area (Å²) in [6.45, 7) is 4.34. The highest BCUT2D eigenvalue weighted by Gasteiger charge is 2.23. The molecule has 1 aromatic carbocycles. The van der Waals surface area contributed by atoms with Gasteiger partial charge in [0.1, 0.15) is 5.75 Å². The van der Waals surface area contributed by atoms with Gasteiger partial charge in [-0.2, -0.15) is 5.10 Å². The summed E-state index contributed by atoms with van der Waals surface area (Å²) >= 11 is 0. The number of amides is 1. The van der Waals surface area contributed by atoms with Gasteiger partial charge in [0.25, 0.3) is 5.91 Å². The van der Waals surface area contributed by atoms with Crippen LogP contribution in [0.2, 0.25) is 0 Å². The van der Waals surface area contributed by atoms with Crippen LogP contribution >= 0.6 is 0 Å². The molecule has 0 bridgehead atoms. The Balaban J connectivity index is 1.76. The molecule has 0 aliphatic carbocycles. The molecule has 0 saturated carbocycles. The zero-order valence-electron chi connectivity index (χ0n) is 12.8. The lowest BCUT2D eigenvalue weighted by Crippen LogP contribution is -2.51. The number of methoxy groups -OCH3 is 1. The van der Waals surface area contributed by atoms with Crippen LogP contribution in [-0.4, -0.2) is 53.4 Å². The fourth-order valence-electron chi connectivity index (χ4n) is 2.60. The Labute approximate surface area is 129 Å². The molecule has 1 amide bonds. The maximum absolute atomic E-state index is 12.5. The molecular weight excluding hydrogens is 280 g/mol. The second-order valence-electron chi connectivity index (χ2n) is 5.45. The summed E-state index contributed by atoms with van der Waals surface area (Å²) in [6.07, 6.45) is 1.81. The Bertz CT molecular complexity index is 650. The highest BCUT2D eigenvalue weighted by molar-refractivity contribution is 5.92. The van der Waals surface area contributed by atoms with Gasteiger partial charge in [-0.25, -0.2) is 4.68 Å². The molecule has 1 aromatic heterocycles. The Morgan fingerprint density at radius 3 is 2.77 bits per heavy atom. The molecule has 1 aliphatic heterocycles. The molecule has 6 nitrogen and oxygen atoms in total. The van der Waals surface area contributed by atoms with Crippen molar-refractivity contribution >= 4 is 5.91 Å². The normalized spacial score (nSPS) is 18.3. The first-order chi connectivity index (χ1) is 10.7. The van der Waals surface area contributed by atoms with Crippen LogP contribution < -0.4 is 10.1 Å². The first kappa shape index (κ1) is 14.6. The monoisotopic (exact) mass is 300 g/mol. The third kappa shape index (κ3) is 2.96. The summed E-state index contributed by atoms with van der Waals surface area (Å²) in [4.78, 5) is 14.3. The van der Waals surface area contributed by atoms with E-state index >= 15 is 0 Å². The molecule has 1 N–H and O–H groups in total. The first-order valence-electron chi connectivity index (χ1n) is 7.40. The average molecular weight is 300 g/mol. The number of nitrogens with zero attached hydrogens (tertiary/aromatic N) is 3. The first-order valence-corrected chi connectivity index (χ1v) is 7.40. The lowest BCUT2D eigenvalue weighted by atomic mass is 10.2. The van der Waals surface area contributed by atoms with Crippen molar-refractivity contribution in [3.05, 3.63) is 42.2 Å². The van der Waals surface area contributed by atoms with E-state index in [0.717, 1.165) is 24.5 Å².